The molecule has 3 rings (SSSR count). The predicted molar refractivity (Wildman–Crippen MR) is 127 cm³/mol. The molecule has 0 saturated carbocycles. The van der Waals surface area contributed by atoms with E-state index in [1.54, 1.807) is 5.32 Å². The number of nitriles is 1. The van der Waals surface area contributed by atoms with Gasteiger partial charge in [-0.05, 0) is 37.2 Å². The molecular weight excluding hydrogens is 529 g/mol. The molecular formula is C25H34F5N5O4. The molecule has 0 spiro atoms. The number of nitrogens with zero attached hydrogens (tertiary/aromatic N) is 2. The van der Waals surface area contributed by atoms with E-state index in [2.05, 4.69) is 10.6 Å². The summed E-state index contributed by atoms with van der Waals surface area (Å²) in [5, 5.41) is 26.6. The Morgan fingerprint density at radius 2 is 1.87 bits per heavy atom. The van der Waals surface area contributed by atoms with Gasteiger partial charge in [0.1, 0.15) is 24.4 Å². The van der Waals surface area contributed by atoms with Gasteiger partial charge in [-0.2, -0.15) is 18.4 Å². The molecule has 3 heterocycles. The summed E-state index contributed by atoms with van der Waals surface area (Å²) < 4.78 is 70.0. The quantitative estimate of drug-likeness (QED) is 0.299. The van der Waals surface area contributed by atoms with Gasteiger partial charge in [-0.3, -0.25) is 19.7 Å². The van der Waals surface area contributed by atoms with E-state index in [4.69, 9.17) is 0 Å². The van der Waals surface area contributed by atoms with Gasteiger partial charge in [0.15, 0.2) is 0 Å². The summed E-state index contributed by atoms with van der Waals surface area (Å²) in [7, 11) is 0. The normalized spacial score (nSPS) is 35.8. The Hall–Kier alpha value is -2.79. The largest absolute Gasteiger partial charge is 0.471 e. The summed E-state index contributed by atoms with van der Waals surface area (Å²) in [6, 6.07) is -4.01. The van der Waals surface area contributed by atoms with Gasteiger partial charge in [0, 0.05) is 17.9 Å². The maximum atomic E-state index is 15.2. The predicted octanol–water partition coefficient (Wildman–Crippen LogP) is 1.83. The fraction of sp³-hybridized carbons (Fsp3) is 0.760. The minimum absolute atomic E-state index is 0.0291. The lowest BCUT2D eigenvalue weighted by Gasteiger charge is -2.37. The van der Waals surface area contributed by atoms with E-state index in [0.717, 1.165) is 11.0 Å². The molecule has 2 bridgehead atoms. The first-order chi connectivity index (χ1) is 17.9. The summed E-state index contributed by atoms with van der Waals surface area (Å²) in [6.45, 7) is 6.04. The van der Waals surface area contributed by atoms with Crippen LogP contribution in [0.2, 0.25) is 0 Å². The zero-order chi connectivity index (χ0) is 29.5. The van der Waals surface area contributed by atoms with Crippen molar-refractivity contribution >= 4 is 17.7 Å². The fourth-order valence-corrected chi connectivity index (χ4v) is 5.62. The van der Waals surface area contributed by atoms with Crippen molar-refractivity contribution in [1.82, 2.24) is 20.9 Å². The number of halogens is 5. The van der Waals surface area contributed by atoms with Gasteiger partial charge < -0.3 is 20.6 Å². The second-order valence-corrected chi connectivity index (χ2v) is 11.5. The number of carbonyl (C=O) groups is 3. The Labute approximate surface area is 223 Å². The van der Waals surface area contributed by atoms with Crippen LogP contribution < -0.4 is 16.0 Å². The number of aliphatic hydroxyl groups excluding tert-OH is 1. The topological polar surface area (TPSA) is 135 Å². The third-order valence-corrected chi connectivity index (χ3v) is 7.94. The minimum atomic E-state index is -5.36. The molecule has 7 atom stereocenters. The Balaban J connectivity index is 2.13. The zero-order valence-electron chi connectivity index (χ0n) is 22.1. The van der Waals surface area contributed by atoms with Crippen LogP contribution in [-0.2, 0) is 14.4 Å². The van der Waals surface area contributed by atoms with E-state index in [0.29, 0.717) is 12.5 Å². The number of alkyl halides is 5. The molecule has 0 aromatic heterocycles. The lowest BCUT2D eigenvalue weighted by atomic mass is 9.81. The van der Waals surface area contributed by atoms with E-state index in [1.807, 2.05) is 19.9 Å². The van der Waals surface area contributed by atoms with Crippen LogP contribution in [0.25, 0.3) is 0 Å². The molecule has 0 aromatic rings. The molecule has 14 heteroatoms. The first-order valence-corrected chi connectivity index (χ1v) is 12.8. The molecule has 3 amide bonds. The van der Waals surface area contributed by atoms with E-state index in [9.17, 15) is 37.9 Å². The molecule has 0 aromatic carbocycles. The van der Waals surface area contributed by atoms with Crippen LogP contribution in [0.5, 0.6) is 0 Å². The highest BCUT2D eigenvalue weighted by Gasteiger charge is 2.52. The number of hydrogen-bond acceptors (Lipinski definition) is 6. The Kier molecular flexibility index (Phi) is 8.67. The molecule has 3 aliphatic heterocycles. The van der Waals surface area contributed by atoms with Crippen molar-refractivity contribution in [3.05, 3.63) is 12.2 Å². The van der Waals surface area contributed by atoms with Gasteiger partial charge >= 0.3 is 12.1 Å². The number of fused-ring (bicyclic) bond motifs is 3. The van der Waals surface area contributed by atoms with Gasteiger partial charge in [-0.1, -0.05) is 33.8 Å². The average molecular weight is 564 g/mol. The minimum Gasteiger partial charge on any atom is -0.378 e. The second-order valence-electron chi connectivity index (χ2n) is 11.5. The van der Waals surface area contributed by atoms with Crippen LogP contribution in [0, 0.1) is 34.5 Å². The highest BCUT2D eigenvalue weighted by molar-refractivity contribution is 5.94. The standard InChI is InChI=1S/C25H34F5N5O4/c1-12(2)15-5-8-35-17(15)20(37)32-14(11-31)9-13-10-16(33-19(13)36)24(26,27)7-6-23(3,4)18(21(35)38)34-22(39)25(28,29)30/h6-7,12-19,33,36H,5,8-10H2,1-4H3,(H,32,37)(H,34,39)/b7-6+/t13?,14-,15+,16-,17-,18+,19?/m0/s1. The number of nitrogens with one attached hydrogen (secondary N) is 3. The number of hydrogen-bond donors (Lipinski definition) is 4. The van der Waals surface area contributed by atoms with Crippen molar-refractivity contribution in [3.8, 4) is 6.07 Å². The molecule has 0 radical (unpaired) electrons. The molecule has 2 saturated heterocycles. The Morgan fingerprint density at radius 1 is 1.23 bits per heavy atom. The van der Waals surface area contributed by atoms with Gasteiger partial charge in [0.2, 0.25) is 11.8 Å². The van der Waals surface area contributed by atoms with Crippen molar-refractivity contribution in [2.75, 3.05) is 6.54 Å². The van der Waals surface area contributed by atoms with Crippen LogP contribution in [-0.4, -0.2) is 76.8 Å². The van der Waals surface area contributed by atoms with Gasteiger partial charge in [0.25, 0.3) is 5.92 Å². The molecule has 3 aliphatic rings. The Bertz CT molecular complexity index is 1040. The third-order valence-electron chi connectivity index (χ3n) is 7.94. The lowest BCUT2D eigenvalue weighted by Crippen LogP contribution is -2.60. The molecule has 2 unspecified atom stereocenters. The second kappa shape index (κ2) is 11.0. The number of amides is 3. The maximum absolute atomic E-state index is 15.2. The monoisotopic (exact) mass is 563 g/mol. The third kappa shape index (κ3) is 6.51. The van der Waals surface area contributed by atoms with Crippen molar-refractivity contribution < 1.29 is 41.4 Å². The van der Waals surface area contributed by atoms with E-state index in [-0.39, 0.29) is 25.3 Å². The average Bonchev–Trinajstić information content (AvgIpc) is 3.43. The van der Waals surface area contributed by atoms with E-state index in [1.165, 1.54) is 13.8 Å². The molecule has 4 N–H and O–H groups in total. The highest BCUT2D eigenvalue weighted by Crippen LogP contribution is 2.38. The van der Waals surface area contributed by atoms with Crippen molar-refractivity contribution in [2.24, 2.45) is 23.2 Å². The van der Waals surface area contributed by atoms with Crippen LogP contribution in [0.1, 0.15) is 47.0 Å². The van der Waals surface area contributed by atoms with Crippen molar-refractivity contribution in [2.45, 2.75) is 89.5 Å². The zero-order valence-corrected chi connectivity index (χ0v) is 22.1. The molecule has 218 valence electrons. The van der Waals surface area contributed by atoms with E-state index >= 15 is 8.78 Å². The van der Waals surface area contributed by atoms with Crippen LogP contribution >= 0.6 is 0 Å². The number of carbonyl (C=O) groups excluding carboxylic acids is 3. The molecule has 2 fully saturated rings. The first kappa shape index (κ1) is 30.7. The highest BCUT2D eigenvalue weighted by atomic mass is 19.4. The van der Waals surface area contributed by atoms with Crippen LogP contribution in [0.15, 0.2) is 12.2 Å². The van der Waals surface area contributed by atoms with E-state index < -0.39 is 77.5 Å². The van der Waals surface area contributed by atoms with Gasteiger partial charge in [-0.15, -0.1) is 0 Å². The van der Waals surface area contributed by atoms with Gasteiger partial charge in [-0.25, -0.2) is 8.78 Å². The van der Waals surface area contributed by atoms with Gasteiger partial charge in [0.05, 0.1) is 12.1 Å². The Morgan fingerprint density at radius 3 is 2.44 bits per heavy atom. The summed E-state index contributed by atoms with van der Waals surface area (Å²) in [5.41, 5.74) is -1.76. The van der Waals surface area contributed by atoms with Crippen molar-refractivity contribution in [1.29, 1.82) is 5.26 Å². The number of aliphatic hydroxyl groups is 1. The maximum Gasteiger partial charge on any atom is 0.471 e. The smallest absolute Gasteiger partial charge is 0.378 e. The SMILES string of the molecule is CC(C)[C@H]1CCN2C(=O)[C@@H](NC(=O)C(F)(F)F)C(C)(C)/C=C/C(F)(F)[C@@H]3CC(C[C@@H](C#N)NC(=O)[C@H]12)C(O)N3. The summed E-state index contributed by atoms with van der Waals surface area (Å²) in [4.78, 5) is 40.2. The molecule has 39 heavy (non-hydrogen) atoms. The molecule has 0 aliphatic carbocycles. The summed E-state index contributed by atoms with van der Waals surface area (Å²) >= 11 is 0. The first-order valence-electron chi connectivity index (χ1n) is 12.8. The lowest BCUT2D eigenvalue weighted by molar-refractivity contribution is -0.176. The number of rotatable bonds is 2. The van der Waals surface area contributed by atoms with Crippen LogP contribution in [0.3, 0.4) is 0 Å². The fourth-order valence-electron chi connectivity index (χ4n) is 5.62. The van der Waals surface area contributed by atoms with Crippen molar-refractivity contribution in [3.63, 3.8) is 0 Å². The summed E-state index contributed by atoms with van der Waals surface area (Å²) in [5.74, 6) is -9.17. The summed E-state index contributed by atoms with van der Waals surface area (Å²) in [6.07, 6.45) is -5.52. The molecule has 9 nitrogen and oxygen atoms in total. The van der Waals surface area contributed by atoms with Crippen LogP contribution in [0.4, 0.5) is 22.0 Å².